The van der Waals surface area contributed by atoms with Crippen molar-refractivity contribution in [1.82, 2.24) is 25.5 Å². The normalized spacial score (nSPS) is 17.0. The summed E-state index contributed by atoms with van der Waals surface area (Å²) in [5, 5.41) is 4.57. The van der Waals surface area contributed by atoms with E-state index in [1.54, 1.807) is 13.1 Å². The number of fused-ring (bicyclic) bond motifs is 1. The summed E-state index contributed by atoms with van der Waals surface area (Å²) >= 11 is 0. The highest BCUT2D eigenvalue weighted by molar-refractivity contribution is 6.04. The number of urea groups is 1. The zero-order chi connectivity index (χ0) is 17.3. The van der Waals surface area contributed by atoms with Crippen LogP contribution in [0.1, 0.15) is 18.7 Å². The predicted molar refractivity (Wildman–Crippen MR) is 82.2 cm³/mol. The van der Waals surface area contributed by atoms with E-state index in [1.807, 2.05) is 0 Å². The van der Waals surface area contributed by atoms with E-state index >= 15 is 0 Å². The summed E-state index contributed by atoms with van der Waals surface area (Å²) in [4.78, 5) is 43.3. The zero-order valence-corrected chi connectivity index (χ0v) is 12.9. The molecule has 0 bridgehead atoms. The Hall–Kier alpha value is -2.97. The number of rotatable bonds is 5. The van der Waals surface area contributed by atoms with Crippen molar-refractivity contribution in [2.75, 3.05) is 7.05 Å². The van der Waals surface area contributed by atoms with Crippen LogP contribution in [0.5, 0.6) is 0 Å². The second-order valence-corrected chi connectivity index (χ2v) is 5.65. The minimum Gasteiger partial charge on any atom is -0.340 e. The maximum atomic E-state index is 13.2. The van der Waals surface area contributed by atoms with E-state index < -0.39 is 18.0 Å². The van der Waals surface area contributed by atoms with Gasteiger partial charge in [0, 0.05) is 13.5 Å². The summed E-state index contributed by atoms with van der Waals surface area (Å²) in [5.41, 5.74) is 1.19. The smallest absolute Gasteiger partial charge is 0.322 e. The summed E-state index contributed by atoms with van der Waals surface area (Å²) in [6, 6.07) is 3.01. The Morgan fingerprint density at radius 1 is 1.38 bits per heavy atom. The molecule has 2 heterocycles. The van der Waals surface area contributed by atoms with Crippen molar-refractivity contribution < 1.29 is 18.8 Å². The number of nitrogens with one attached hydrogen (secondary N) is 3. The average molecular weight is 333 g/mol. The summed E-state index contributed by atoms with van der Waals surface area (Å²) in [6.45, 7) is 0.234. The minimum absolute atomic E-state index is 0.115. The molecule has 0 aliphatic carbocycles. The predicted octanol–water partition coefficient (Wildman–Crippen LogP) is 0.649. The second kappa shape index (κ2) is 6.26. The molecule has 1 fully saturated rings. The van der Waals surface area contributed by atoms with Gasteiger partial charge in [-0.25, -0.2) is 14.2 Å². The second-order valence-electron chi connectivity index (χ2n) is 5.65. The molecule has 3 rings (SSSR count). The molecular formula is C15H16FN5O3. The van der Waals surface area contributed by atoms with Gasteiger partial charge in [0.1, 0.15) is 17.7 Å². The summed E-state index contributed by atoms with van der Waals surface area (Å²) in [7, 11) is 1.61. The van der Waals surface area contributed by atoms with Crippen molar-refractivity contribution in [1.29, 1.82) is 0 Å². The van der Waals surface area contributed by atoms with Crippen LogP contribution in [0.2, 0.25) is 0 Å². The fourth-order valence-corrected chi connectivity index (χ4v) is 2.54. The first-order valence-electron chi connectivity index (χ1n) is 7.42. The van der Waals surface area contributed by atoms with Crippen molar-refractivity contribution in [3.8, 4) is 0 Å². The zero-order valence-electron chi connectivity index (χ0n) is 12.9. The number of aromatic nitrogens is 2. The number of imidazole rings is 1. The average Bonchev–Trinajstić information content (AvgIpc) is 3.06. The summed E-state index contributed by atoms with van der Waals surface area (Å²) in [6.07, 6.45) is 0.343. The number of carbonyl (C=O) groups is 3. The molecule has 24 heavy (non-hydrogen) atoms. The van der Waals surface area contributed by atoms with Gasteiger partial charge in [0.15, 0.2) is 0 Å². The Morgan fingerprint density at radius 2 is 2.17 bits per heavy atom. The van der Waals surface area contributed by atoms with Gasteiger partial charge >= 0.3 is 6.03 Å². The van der Waals surface area contributed by atoms with E-state index in [-0.39, 0.29) is 31.1 Å². The molecule has 1 aliphatic rings. The lowest BCUT2D eigenvalue weighted by molar-refractivity contribution is -0.130. The maximum absolute atomic E-state index is 13.2. The Bertz CT molecular complexity index is 819. The highest BCUT2D eigenvalue weighted by atomic mass is 19.1. The molecule has 9 heteroatoms. The molecule has 0 saturated carbocycles. The van der Waals surface area contributed by atoms with Crippen LogP contribution in [-0.2, 0) is 16.1 Å². The fraction of sp³-hybridized carbons (Fsp3) is 0.333. The van der Waals surface area contributed by atoms with Crippen molar-refractivity contribution in [2.45, 2.75) is 25.4 Å². The van der Waals surface area contributed by atoms with Crippen molar-refractivity contribution in [3.05, 3.63) is 29.8 Å². The highest BCUT2D eigenvalue weighted by Crippen LogP contribution is 2.14. The van der Waals surface area contributed by atoms with Crippen LogP contribution in [0.25, 0.3) is 11.0 Å². The lowest BCUT2D eigenvalue weighted by atomic mass is 10.1. The number of H-pyrrole nitrogens is 1. The highest BCUT2D eigenvalue weighted by Gasteiger charge is 2.29. The maximum Gasteiger partial charge on any atom is 0.322 e. The molecule has 0 spiro atoms. The van der Waals surface area contributed by atoms with Crippen LogP contribution in [0.3, 0.4) is 0 Å². The van der Waals surface area contributed by atoms with Crippen LogP contribution >= 0.6 is 0 Å². The summed E-state index contributed by atoms with van der Waals surface area (Å²) in [5.74, 6) is -0.428. The monoisotopic (exact) mass is 333 g/mol. The van der Waals surface area contributed by atoms with E-state index in [0.717, 1.165) is 0 Å². The molecule has 1 saturated heterocycles. The van der Waals surface area contributed by atoms with Gasteiger partial charge < -0.3 is 15.2 Å². The van der Waals surface area contributed by atoms with Gasteiger partial charge in [0.2, 0.25) is 5.91 Å². The first-order valence-corrected chi connectivity index (χ1v) is 7.42. The molecule has 1 aromatic carbocycles. The van der Waals surface area contributed by atoms with E-state index in [2.05, 4.69) is 20.6 Å². The number of benzene rings is 1. The van der Waals surface area contributed by atoms with Crippen LogP contribution in [0, 0.1) is 5.82 Å². The minimum atomic E-state index is -0.677. The van der Waals surface area contributed by atoms with Crippen molar-refractivity contribution >= 4 is 28.9 Å². The standard InChI is InChI=1S/C15H16FN5O3/c1-21(13(22)5-4-10-14(23)20-15(24)19-10)7-12-17-9-3-2-8(16)6-11(9)18-12/h2-3,6,10H,4-5,7H2,1H3,(H,17,18)(H2,19,20,23,24)/t10-/m1/s1. The van der Waals surface area contributed by atoms with Gasteiger partial charge in [0.25, 0.3) is 5.91 Å². The van der Waals surface area contributed by atoms with Gasteiger partial charge in [-0.3, -0.25) is 14.9 Å². The Balaban J connectivity index is 1.57. The first-order chi connectivity index (χ1) is 11.4. The fourth-order valence-electron chi connectivity index (χ4n) is 2.54. The third-order valence-corrected chi connectivity index (χ3v) is 3.81. The van der Waals surface area contributed by atoms with Crippen LogP contribution in [0.4, 0.5) is 9.18 Å². The molecule has 1 aliphatic heterocycles. The first kappa shape index (κ1) is 15.9. The number of imide groups is 1. The SMILES string of the molecule is CN(Cc1nc2ccc(F)cc2[nH]1)C(=O)CC[C@H]1NC(=O)NC1=O. The van der Waals surface area contributed by atoms with Gasteiger partial charge in [-0.05, 0) is 24.6 Å². The molecular weight excluding hydrogens is 317 g/mol. The largest absolute Gasteiger partial charge is 0.340 e. The van der Waals surface area contributed by atoms with E-state index in [9.17, 15) is 18.8 Å². The van der Waals surface area contributed by atoms with Crippen LogP contribution in [-0.4, -0.2) is 45.8 Å². The summed E-state index contributed by atoms with van der Waals surface area (Å²) < 4.78 is 13.2. The van der Waals surface area contributed by atoms with Crippen LogP contribution in [0.15, 0.2) is 18.2 Å². The molecule has 4 amide bonds. The number of carbonyl (C=O) groups excluding carboxylic acids is 3. The van der Waals surface area contributed by atoms with E-state index in [0.29, 0.717) is 16.9 Å². The third-order valence-electron chi connectivity index (χ3n) is 3.81. The molecule has 8 nitrogen and oxygen atoms in total. The van der Waals surface area contributed by atoms with Gasteiger partial charge in [0.05, 0.1) is 17.6 Å². The Labute approximate surface area is 136 Å². The van der Waals surface area contributed by atoms with Gasteiger partial charge in [-0.2, -0.15) is 0 Å². The van der Waals surface area contributed by atoms with E-state index in [4.69, 9.17) is 0 Å². The van der Waals surface area contributed by atoms with E-state index in [1.165, 1.54) is 17.0 Å². The number of amides is 4. The molecule has 2 aromatic rings. The third kappa shape index (κ3) is 3.34. The lowest BCUT2D eigenvalue weighted by Gasteiger charge is -2.16. The molecule has 1 atom stereocenters. The molecule has 3 N–H and O–H groups in total. The molecule has 0 radical (unpaired) electrons. The Kier molecular flexibility index (Phi) is 4.15. The topological polar surface area (TPSA) is 107 Å². The number of hydrogen-bond acceptors (Lipinski definition) is 4. The van der Waals surface area contributed by atoms with Crippen LogP contribution < -0.4 is 10.6 Å². The van der Waals surface area contributed by atoms with Crippen molar-refractivity contribution in [3.63, 3.8) is 0 Å². The molecule has 126 valence electrons. The van der Waals surface area contributed by atoms with Gasteiger partial charge in [-0.15, -0.1) is 0 Å². The Morgan fingerprint density at radius 3 is 2.88 bits per heavy atom. The lowest BCUT2D eigenvalue weighted by Crippen LogP contribution is -2.32. The number of nitrogens with zero attached hydrogens (tertiary/aromatic N) is 2. The number of aromatic amines is 1. The number of halogens is 1. The van der Waals surface area contributed by atoms with Crippen molar-refractivity contribution in [2.24, 2.45) is 0 Å². The number of hydrogen-bond donors (Lipinski definition) is 3. The quantitative estimate of drug-likeness (QED) is 0.698. The molecule has 1 aromatic heterocycles. The molecule has 0 unspecified atom stereocenters. The van der Waals surface area contributed by atoms with Gasteiger partial charge in [-0.1, -0.05) is 0 Å².